The van der Waals surface area contributed by atoms with Gasteiger partial charge in [-0.15, -0.1) is 0 Å². The van der Waals surface area contributed by atoms with Gasteiger partial charge in [-0.25, -0.2) is 8.42 Å². The van der Waals surface area contributed by atoms with Crippen molar-refractivity contribution in [3.05, 3.63) is 42.0 Å². The summed E-state index contributed by atoms with van der Waals surface area (Å²) in [7, 11) is 1.70. The van der Waals surface area contributed by atoms with Crippen LogP contribution >= 0.6 is 10.7 Å². The predicted octanol–water partition coefficient (Wildman–Crippen LogP) is 3.29. The van der Waals surface area contributed by atoms with Gasteiger partial charge in [0.1, 0.15) is 0 Å². The van der Waals surface area contributed by atoms with Crippen LogP contribution < -0.4 is 0 Å². The van der Waals surface area contributed by atoms with Crippen LogP contribution in [0, 0.1) is 11.8 Å². The number of benzene rings is 1. The van der Waals surface area contributed by atoms with Crippen molar-refractivity contribution in [2.45, 2.75) is 23.7 Å². The molecule has 0 radical (unpaired) electrons. The first-order valence-corrected chi connectivity index (χ1v) is 8.08. The van der Waals surface area contributed by atoms with Crippen molar-refractivity contribution < 1.29 is 8.42 Å². The molecule has 2 aliphatic carbocycles. The van der Waals surface area contributed by atoms with Crippen molar-refractivity contribution >= 4 is 19.7 Å². The van der Waals surface area contributed by atoms with E-state index in [9.17, 15) is 8.42 Å². The van der Waals surface area contributed by atoms with E-state index in [1.54, 1.807) is 12.1 Å². The molecule has 0 saturated heterocycles. The number of hydrogen-bond donors (Lipinski definition) is 0. The Morgan fingerprint density at radius 2 is 1.76 bits per heavy atom. The van der Waals surface area contributed by atoms with Crippen molar-refractivity contribution in [2.24, 2.45) is 11.8 Å². The molecular formula is C13H13ClO2S. The monoisotopic (exact) mass is 268 g/mol. The van der Waals surface area contributed by atoms with Gasteiger partial charge in [-0.1, -0.05) is 24.3 Å². The third-order valence-electron chi connectivity index (χ3n) is 3.87. The summed E-state index contributed by atoms with van der Waals surface area (Å²) in [5, 5.41) is 0. The fraction of sp³-hybridized carbons (Fsp3) is 0.385. The Bertz CT molecular complexity index is 560. The molecule has 3 atom stereocenters. The highest BCUT2D eigenvalue weighted by Gasteiger charge is 2.36. The van der Waals surface area contributed by atoms with Crippen molar-refractivity contribution in [1.29, 1.82) is 0 Å². The summed E-state index contributed by atoms with van der Waals surface area (Å²) >= 11 is 0. The van der Waals surface area contributed by atoms with Crippen LogP contribution in [0.1, 0.15) is 24.3 Å². The molecule has 0 amide bonds. The summed E-state index contributed by atoms with van der Waals surface area (Å²) in [6, 6.07) is 7.00. The van der Waals surface area contributed by atoms with E-state index >= 15 is 0 Å². The van der Waals surface area contributed by atoms with E-state index in [1.165, 1.54) is 18.4 Å². The molecule has 0 heterocycles. The smallest absolute Gasteiger partial charge is 0.207 e. The number of allylic oxidation sites excluding steroid dienone is 2. The van der Waals surface area contributed by atoms with E-state index in [0.29, 0.717) is 11.8 Å². The van der Waals surface area contributed by atoms with Crippen LogP contribution in [0.4, 0.5) is 0 Å². The lowest BCUT2D eigenvalue weighted by molar-refractivity contribution is 0.584. The highest BCUT2D eigenvalue weighted by Crippen LogP contribution is 2.48. The minimum atomic E-state index is -3.60. The molecule has 3 rings (SSSR count). The van der Waals surface area contributed by atoms with Crippen LogP contribution in [0.2, 0.25) is 0 Å². The second-order valence-corrected chi connectivity index (χ2v) is 7.46. The van der Waals surface area contributed by atoms with Crippen LogP contribution in [0.5, 0.6) is 0 Å². The summed E-state index contributed by atoms with van der Waals surface area (Å²) in [5.74, 6) is 1.91. The Balaban J connectivity index is 1.89. The molecule has 4 heteroatoms. The van der Waals surface area contributed by atoms with Gasteiger partial charge in [0.2, 0.25) is 0 Å². The number of halogens is 1. The van der Waals surface area contributed by atoms with Gasteiger partial charge in [0.25, 0.3) is 9.05 Å². The van der Waals surface area contributed by atoms with E-state index in [4.69, 9.17) is 10.7 Å². The maximum Gasteiger partial charge on any atom is 0.261 e. The summed E-state index contributed by atoms with van der Waals surface area (Å²) < 4.78 is 22.3. The third kappa shape index (κ3) is 2.02. The van der Waals surface area contributed by atoms with Crippen LogP contribution in [0.25, 0.3) is 0 Å². The molecule has 2 aliphatic rings. The minimum absolute atomic E-state index is 0.182. The van der Waals surface area contributed by atoms with Crippen molar-refractivity contribution in [3.8, 4) is 0 Å². The number of hydrogen-bond acceptors (Lipinski definition) is 2. The van der Waals surface area contributed by atoms with Gasteiger partial charge in [0.15, 0.2) is 0 Å². The summed E-state index contributed by atoms with van der Waals surface area (Å²) in [5.41, 5.74) is 1.23. The second kappa shape index (κ2) is 3.85. The lowest BCUT2D eigenvalue weighted by atomic mass is 9.87. The summed E-state index contributed by atoms with van der Waals surface area (Å²) in [6.45, 7) is 0. The Kier molecular flexibility index (Phi) is 2.56. The molecule has 0 aliphatic heterocycles. The first kappa shape index (κ1) is 11.3. The Labute approximate surface area is 106 Å². The Morgan fingerprint density at radius 1 is 1.06 bits per heavy atom. The minimum Gasteiger partial charge on any atom is -0.207 e. The van der Waals surface area contributed by atoms with E-state index in [1.807, 2.05) is 12.1 Å². The molecule has 90 valence electrons. The SMILES string of the molecule is O=S(=O)(Cl)c1ccc([C@@H]2C[C@@H]3C=C[C@H]2C3)cc1. The largest absolute Gasteiger partial charge is 0.261 e. The summed E-state index contributed by atoms with van der Waals surface area (Å²) in [6.07, 6.45) is 7.04. The average Bonchev–Trinajstić information content (AvgIpc) is 2.89. The highest BCUT2D eigenvalue weighted by molar-refractivity contribution is 8.13. The van der Waals surface area contributed by atoms with Crippen molar-refractivity contribution in [1.82, 2.24) is 0 Å². The first-order valence-electron chi connectivity index (χ1n) is 5.77. The van der Waals surface area contributed by atoms with E-state index < -0.39 is 9.05 Å². The van der Waals surface area contributed by atoms with Gasteiger partial charge in [-0.05, 0) is 48.3 Å². The van der Waals surface area contributed by atoms with Crippen LogP contribution in [-0.2, 0) is 9.05 Å². The fourth-order valence-electron chi connectivity index (χ4n) is 3.04. The van der Waals surface area contributed by atoms with E-state index in [0.717, 1.165) is 5.92 Å². The highest BCUT2D eigenvalue weighted by atomic mass is 35.7. The van der Waals surface area contributed by atoms with Crippen LogP contribution in [0.3, 0.4) is 0 Å². The molecule has 1 aromatic carbocycles. The Hall–Kier alpha value is -0.800. The number of fused-ring (bicyclic) bond motifs is 2. The maximum atomic E-state index is 11.1. The molecule has 2 nitrogen and oxygen atoms in total. The molecule has 1 saturated carbocycles. The van der Waals surface area contributed by atoms with Gasteiger partial charge < -0.3 is 0 Å². The predicted molar refractivity (Wildman–Crippen MR) is 67.6 cm³/mol. The van der Waals surface area contributed by atoms with Gasteiger partial charge in [-0.3, -0.25) is 0 Å². The lowest BCUT2D eigenvalue weighted by Crippen LogP contribution is -2.05. The molecule has 2 bridgehead atoms. The zero-order valence-corrected chi connectivity index (χ0v) is 10.8. The zero-order chi connectivity index (χ0) is 12.0. The standard InChI is InChI=1S/C13H13ClO2S/c14-17(15,16)12-5-3-10(4-6-12)13-8-9-1-2-11(13)7-9/h1-6,9,11,13H,7-8H2/t9-,11+,13+/m1/s1. The van der Waals surface area contributed by atoms with E-state index in [2.05, 4.69) is 12.2 Å². The van der Waals surface area contributed by atoms with E-state index in [-0.39, 0.29) is 4.90 Å². The van der Waals surface area contributed by atoms with Gasteiger partial charge in [-0.2, -0.15) is 0 Å². The first-order chi connectivity index (χ1) is 8.04. The van der Waals surface area contributed by atoms with Gasteiger partial charge in [0, 0.05) is 10.7 Å². The molecular weight excluding hydrogens is 256 g/mol. The normalized spacial score (nSPS) is 31.0. The molecule has 1 aromatic rings. The Morgan fingerprint density at radius 3 is 2.24 bits per heavy atom. The van der Waals surface area contributed by atoms with Crippen molar-refractivity contribution in [2.75, 3.05) is 0 Å². The summed E-state index contributed by atoms with van der Waals surface area (Å²) in [4.78, 5) is 0.182. The molecule has 0 spiro atoms. The molecule has 1 fully saturated rings. The third-order valence-corrected chi connectivity index (χ3v) is 5.24. The maximum absolute atomic E-state index is 11.1. The molecule has 0 N–H and O–H groups in total. The van der Waals surface area contributed by atoms with Crippen LogP contribution in [0.15, 0.2) is 41.3 Å². The second-order valence-electron chi connectivity index (χ2n) is 4.89. The quantitative estimate of drug-likeness (QED) is 0.609. The fourth-order valence-corrected chi connectivity index (χ4v) is 3.81. The lowest BCUT2D eigenvalue weighted by Gasteiger charge is -2.18. The van der Waals surface area contributed by atoms with Crippen LogP contribution in [-0.4, -0.2) is 8.42 Å². The topological polar surface area (TPSA) is 34.1 Å². The molecule has 0 aromatic heterocycles. The van der Waals surface area contributed by atoms with Gasteiger partial charge in [0.05, 0.1) is 4.90 Å². The average molecular weight is 269 g/mol. The molecule has 17 heavy (non-hydrogen) atoms. The zero-order valence-electron chi connectivity index (χ0n) is 9.21. The number of rotatable bonds is 2. The van der Waals surface area contributed by atoms with Crippen molar-refractivity contribution in [3.63, 3.8) is 0 Å². The van der Waals surface area contributed by atoms with Gasteiger partial charge >= 0.3 is 0 Å². The molecule has 0 unspecified atom stereocenters.